The van der Waals surface area contributed by atoms with E-state index < -0.39 is 15.8 Å². The van der Waals surface area contributed by atoms with Crippen LogP contribution in [0.25, 0.3) is 0 Å². The molecule has 4 nitrogen and oxygen atoms in total. The summed E-state index contributed by atoms with van der Waals surface area (Å²) >= 11 is 0. The van der Waals surface area contributed by atoms with Crippen molar-refractivity contribution in [2.75, 3.05) is 0 Å². The number of allylic oxidation sites excluding steroid dienone is 1. The molecule has 0 aliphatic carbocycles. The highest BCUT2D eigenvalue weighted by atomic mass is 32.2. The second kappa shape index (κ2) is 5.68. The fourth-order valence-electron chi connectivity index (χ4n) is 1.15. The van der Waals surface area contributed by atoms with E-state index in [4.69, 9.17) is 5.11 Å². The van der Waals surface area contributed by atoms with E-state index in [1.807, 2.05) is 6.92 Å². The number of carboxylic acid groups (broad SMARTS) is 1. The van der Waals surface area contributed by atoms with Gasteiger partial charge in [0, 0.05) is 6.42 Å². The summed E-state index contributed by atoms with van der Waals surface area (Å²) in [4.78, 5) is 10.4. The standard InChI is InChI=1S/C12H13O4S/c1-10-5-7-11(8-6-10)17(15,16)9-3-2-4-12(13)14/h3,5-8H,2,4H2,1H3,(H,13,14). The van der Waals surface area contributed by atoms with Crippen LogP contribution in [0, 0.1) is 6.92 Å². The number of benzene rings is 1. The first-order chi connectivity index (χ1) is 7.92. The smallest absolute Gasteiger partial charge is 0.303 e. The van der Waals surface area contributed by atoms with E-state index in [1.54, 1.807) is 12.1 Å². The van der Waals surface area contributed by atoms with E-state index in [0.717, 1.165) is 5.56 Å². The molecule has 1 atom stereocenters. The van der Waals surface area contributed by atoms with Crippen LogP contribution >= 0.6 is 0 Å². The number of aliphatic carboxylic acids is 1. The van der Waals surface area contributed by atoms with Crippen LogP contribution in [-0.2, 0) is 19.1 Å². The highest BCUT2D eigenvalue weighted by Crippen LogP contribution is 2.10. The van der Waals surface area contributed by atoms with E-state index in [0.29, 0.717) is 0 Å². The third-order valence-corrected chi connectivity index (χ3v) is 3.44. The van der Waals surface area contributed by atoms with E-state index >= 15 is 0 Å². The largest absolute Gasteiger partial charge is 0.481 e. The highest BCUT2D eigenvalue weighted by Gasteiger charge is 2.06. The fraction of sp³-hybridized carbons (Fsp3) is 0.250. The molecule has 0 fully saturated rings. The molecule has 17 heavy (non-hydrogen) atoms. The SMILES string of the molecule is Cc1ccc(S([O])(=O)=C=CCCC(=O)O)cc1. The molecule has 0 aliphatic heterocycles. The number of hydrogen-bond donors (Lipinski definition) is 1. The minimum atomic E-state index is -3.57. The molecule has 0 saturated heterocycles. The maximum absolute atomic E-state index is 11.7. The summed E-state index contributed by atoms with van der Waals surface area (Å²) in [7, 11) is -3.57. The summed E-state index contributed by atoms with van der Waals surface area (Å²) in [5.41, 5.74) is 0.971. The molecule has 1 N–H and O–H groups in total. The van der Waals surface area contributed by atoms with Gasteiger partial charge in [-0.1, -0.05) is 17.7 Å². The van der Waals surface area contributed by atoms with Gasteiger partial charge < -0.3 is 5.11 Å². The molecular weight excluding hydrogens is 240 g/mol. The summed E-state index contributed by atoms with van der Waals surface area (Å²) in [6.45, 7) is 1.86. The predicted molar refractivity (Wildman–Crippen MR) is 64.7 cm³/mol. The third-order valence-electron chi connectivity index (χ3n) is 2.07. The molecule has 1 radical (unpaired) electrons. The summed E-state index contributed by atoms with van der Waals surface area (Å²) < 4.78 is 23.4. The lowest BCUT2D eigenvalue weighted by molar-refractivity contribution is -0.136. The monoisotopic (exact) mass is 253 g/mol. The summed E-state index contributed by atoms with van der Waals surface area (Å²) in [6.07, 6.45) is 1.29. The molecule has 1 aromatic carbocycles. The Morgan fingerprint density at radius 2 is 2.00 bits per heavy atom. The Balaban J connectivity index is 2.94. The number of hydrogen-bond acceptors (Lipinski definition) is 2. The molecule has 1 rings (SSSR count). The summed E-state index contributed by atoms with van der Waals surface area (Å²) in [5, 5.41) is 10.6. The Hall–Kier alpha value is -1.55. The average Bonchev–Trinajstić information content (AvgIpc) is 2.25. The van der Waals surface area contributed by atoms with Gasteiger partial charge in [0.25, 0.3) is 0 Å². The molecule has 0 spiro atoms. The van der Waals surface area contributed by atoms with Crippen molar-refractivity contribution < 1.29 is 18.7 Å². The van der Waals surface area contributed by atoms with Gasteiger partial charge in [0.15, 0.2) is 9.80 Å². The molecule has 0 amide bonds. The topological polar surface area (TPSA) is 74.3 Å². The molecule has 0 saturated carbocycles. The lowest BCUT2D eigenvalue weighted by Gasteiger charge is -1.98. The van der Waals surface area contributed by atoms with Gasteiger partial charge in [-0.2, -0.15) is 0 Å². The van der Waals surface area contributed by atoms with Crippen molar-refractivity contribution in [3.63, 3.8) is 0 Å². The Morgan fingerprint density at radius 1 is 1.41 bits per heavy atom. The second-order valence-corrected chi connectivity index (χ2v) is 5.28. The lowest BCUT2D eigenvalue weighted by Crippen LogP contribution is -1.98. The Bertz CT molecular complexity index is 544. The Morgan fingerprint density at radius 3 is 2.53 bits per heavy atom. The molecule has 91 valence electrons. The lowest BCUT2D eigenvalue weighted by atomic mass is 10.2. The van der Waals surface area contributed by atoms with Gasteiger partial charge in [0.1, 0.15) is 0 Å². The molecule has 0 aromatic heterocycles. The van der Waals surface area contributed by atoms with Gasteiger partial charge in [0.2, 0.25) is 0 Å². The van der Waals surface area contributed by atoms with Crippen LogP contribution in [0.1, 0.15) is 18.4 Å². The van der Waals surface area contributed by atoms with Crippen LogP contribution in [0.3, 0.4) is 0 Å². The molecule has 0 bridgehead atoms. The van der Waals surface area contributed by atoms with Crippen molar-refractivity contribution in [3.05, 3.63) is 35.9 Å². The van der Waals surface area contributed by atoms with Crippen molar-refractivity contribution in [1.29, 1.82) is 0 Å². The third kappa shape index (κ3) is 4.44. The van der Waals surface area contributed by atoms with E-state index in [2.05, 4.69) is 5.02 Å². The number of aryl methyl sites for hydroxylation is 1. The molecule has 1 aromatic rings. The van der Waals surface area contributed by atoms with E-state index in [1.165, 1.54) is 18.2 Å². The molecule has 0 aliphatic rings. The van der Waals surface area contributed by atoms with Crippen LogP contribution in [0.2, 0.25) is 0 Å². The van der Waals surface area contributed by atoms with Gasteiger partial charge in [0.05, 0.1) is 4.90 Å². The minimum Gasteiger partial charge on any atom is -0.481 e. The zero-order valence-corrected chi connectivity index (χ0v) is 10.2. The van der Waals surface area contributed by atoms with E-state index in [-0.39, 0.29) is 17.7 Å². The predicted octanol–water partition coefficient (Wildman–Crippen LogP) is 1.81. The minimum absolute atomic E-state index is 0.101. The van der Waals surface area contributed by atoms with Crippen LogP contribution in [-0.4, -0.2) is 20.3 Å². The first-order valence-electron chi connectivity index (χ1n) is 5.04. The Kier molecular flexibility index (Phi) is 4.52. The maximum Gasteiger partial charge on any atom is 0.303 e. The molecular formula is C12H13O4S. The molecule has 1 unspecified atom stereocenters. The zero-order chi connectivity index (χ0) is 12.9. The van der Waals surface area contributed by atoms with Crippen molar-refractivity contribution in [3.8, 4) is 0 Å². The van der Waals surface area contributed by atoms with Gasteiger partial charge >= 0.3 is 5.97 Å². The van der Waals surface area contributed by atoms with Crippen LogP contribution < -0.4 is 0 Å². The summed E-state index contributed by atoms with van der Waals surface area (Å²) in [6, 6.07) is 6.41. The number of carboxylic acids is 1. The normalized spacial score (nSPS) is 13.5. The van der Waals surface area contributed by atoms with Crippen molar-refractivity contribution in [1.82, 2.24) is 0 Å². The first kappa shape index (κ1) is 13.5. The van der Waals surface area contributed by atoms with Gasteiger partial charge in [-0.15, -0.1) is 4.55 Å². The van der Waals surface area contributed by atoms with E-state index in [9.17, 15) is 13.6 Å². The fourth-order valence-corrected chi connectivity index (χ4v) is 2.12. The maximum atomic E-state index is 11.7. The molecule has 0 heterocycles. The summed E-state index contributed by atoms with van der Waals surface area (Å²) in [5.74, 6) is -0.962. The highest BCUT2D eigenvalue weighted by molar-refractivity contribution is 7.95. The Labute approximate surface area is 100 Å². The van der Waals surface area contributed by atoms with Gasteiger partial charge in [-0.05, 0) is 36.6 Å². The van der Waals surface area contributed by atoms with Crippen LogP contribution in [0.4, 0.5) is 0 Å². The zero-order valence-electron chi connectivity index (χ0n) is 9.38. The number of rotatable bonds is 4. The van der Waals surface area contributed by atoms with Crippen molar-refractivity contribution >= 4 is 20.8 Å². The second-order valence-electron chi connectivity index (χ2n) is 3.57. The van der Waals surface area contributed by atoms with Crippen LogP contribution in [0.15, 0.2) is 35.2 Å². The van der Waals surface area contributed by atoms with Gasteiger partial charge in [-0.25, -0.2) is 4.21 Å². The molecule has 5 heteroatoms. The van der Waals surface area contributed by atoms with Gasteiger partial charge in [-0.3, -0.25) is 4.79 Å². The van der Waals surface area contributed by atoms with Crippen molar-refractivity contribution in [2.24, 2.45) is 0 Å². The van der Waals surface area contributed by atoms with Crippen LogP contribution in [0.5, 0.6) is 0 Å². The first-order valence-corrected chi connectivity index (χ1v) is 6.52. The number of carbonyl (C=O) groups is 1. The van der Waals surface area contributed by atoms with Crippen molar-refractivity contribution in [2.45, 2.75) is 24.7 Å². The quantitative estimate of drug-likeness (QED) is 0.831. The average molecular weight is 253 g/mol.